The molecule has 1 unspecified atom stereocenters. The number of ether oxygens (including phenoxy) is 2. The molecule has 24 heavy (non-hydrogen) atoms. The van der Waals surface area contributed by atoms with E-state index in [4.69, 9.17) is 9.47 Å². The smallest absolute Gasteiger partial charge is 0.142 e. The molecule has 3 heteroatoms. The first-order chi connectivity index (χ1) is 11.7. The fourth-order valence-corrected chi connectivity index (χ4v) is 4.08. The van der Waals surface area contributed by atoms with Crippen LogP contribution in [0.15, 0.2) is 48.5 Å². The molecule has 1 atom stereocenters. The highest BCUT2D eigenvalue weighted by Crippen LogP contribution is 2.50. The number of hydrogen-bond acceptors (Lipinski definition) is 3. The minimum absolute atomic E-state index is 0.0525. The second-order valence-corrected chi connectivity index (χ2v) is 6.76. The largest absolute Gasteiger partial charge is 0.497 e. The zero-order valence-corrected chi connectivity index (χ0v) is 14.5. The fourth-order valence-electron chi connectivity index (χ4n) is 4.08. The van der Waals surface area contributed by atoms with Crippen molar-refractivity contribution < 1.29 is 9.47 Å². The molecule has 124 valence electrons. The molecule has 0 radical (unpaired) electrons. The van der Waals surface area contributed by atoms with Gasteiger partial charge in [-0.25, -0.2) is 0 Å². The summed E-state index contributed by atoms with van der Waals surface area (Å²) in [5, 5.41) is 0. The van der Waals surface area contributed by atoms with Gasteiger partial charge in [-0.1, -0.05) is 30.3 Å². The molecule has 0 aromatic heterocycles. The van der Waals surface area contributed by atoms with Crippen molar-refractivity contribution >= 4 is 11.3 Å². The van der Waals surface area contributed by atoms with Crippen molar-refractivity contribution in [2.45, 2.75) is 25.3 Å². The first kappa shape index (κ1) is 15.1. The van der Waals surface area contributed by atoms with Crippen LogP contribution in [0.1, 0.15) is 30.9 Å². The highest BCUT2D eigenvalue weighted by atomic mass is 16.5. The number of para-hydroxylation sites is 1. The van der Waals surface area contributed by atoms with Crippen LogP contribution in [0.5, 0.6) is 11.5 Å². The Bertz CT molecular complexity index is 794. The molecule has 0 bridgehead atoms. The number of fused-ring (bicyclic) bond motifs is 3. The summed E-state index contributed by atoms with van der Waals surface area (Å²) in [5.41, 5.74) is 5.04. The molecule has 4 rings (SSSR count). The minimum atomic E-state index is 0.0525. The van der Waals surface area contributed by atoms with Crippen molar-refractivity contribution in [2.24, 2.45) is 0 Å². The molecule has 1 fully saturated rings. The fraction of sp³-hybridized carbons (Fsp3) is 0.333. The quantitative estimate of drug-likeness (QED) is 0.830. The lowest BCUT2D eigenvalue weighted by Gasteiger charge is -2.41. The highest BCUT2D eigenvalue weighted by Gasteiger charge is 2.41. The van der Waals surface area contributed by atoms with Gasteiger partial charge in [0.2, 0.25) is 0 Å². The van der Waals surface area contributed by atoms with E-state index >= 15 is 0 Å². The summed E-state index contributed by atoms with van der Waals surface area (Å²) in [5.74, 6) is 1.84. The molecule has 2 aromatic carbocycles. The maximum absolute atomic E-state index is 5.70. The lowest BCUT2D eigenvalue weighted by molar-refractivity contribution is 0.411. The maximum atomic E-state index is 5.70. The van der Waals surface area contributed by atoms with Crippen LogP contribution in [0.2, 0.25) is 0 Å². The molecule has 2 heterocycles. The SMILES string of the molecule is COc1ccc(C2=CC3(C)CCCN3c3c(OC)cccc32)cc1. The molecule has 0 aliphatic carbocycles. The van der Waals surface area contributed by atoms with Crippen LogP contribution in [-0.2, 0) is 0 Å². The van der Waals surface area contributed by atoms with Gasteiger partial charge in [0.1, 0.15) is 11.5 Å². The minimum Gasteiger partial charge on any atom is -0.497 e. The average molecular weight is 321 g/mol. The highest BCUT2D eigenvalue weighted by molar-refractivity contribution is 5.93. The van der Waals surface area contributed by atoms with Gasteiger partial charge in [-0.05, 0) is 49.1 Å². The van der Waals surface area contributed by atoms with Crippen molar-refractivity contribution in [3.63, 3.8) is 0 Å². The van der Waals surface area contributed by atoms with E-state index in [1.54, 1.807) is 14.2 Å². The lowest BCUT2D eigenvalue weighted by atomic mass is 9.84. The van der Waals surface area contributed by atoms with E-state index in [0.717, 1.165) is 18.0 Å². The van der Waals surface area contributed by atoms with Gasteiger partial charge < -0.3 is 14.4 Å². The lowest BCUT2D eigenvalue weighted by Crippen LogP contribution is -2.42. The van der Waals surface area contributed by atoms with Crippen LogP contribution in [0.4, 0.5) is 5.69 Å². The molecule has 0 spiro atoms. The first-order valence-electron chi connectivity index (χ1n) is 8.48. The molecule has 0 amide bonds. The molecule has 0 saturated carbocycles. The summed E-state index contributed by atoms with van der Waals surface area (Å²) in [6.07, 6.45) is 4.81. The number of benzene rings is 2. The molecule has 0 N–H and O–H groups in total. The second kappa shape index (κ2) is 5.59. The number of anilines is 1. The van der Waals surface area contributed by atoms with Crippen LogP contribution in [0.25, 0.3) is 5.57 Å². The Balaban J connectivity index is 1.92. The van der Waals surface area contributed by atoms with Gasteiger partial charge in [0.25, 0.3) is 0 Å². The normalized spacial score (nSPS) is 21.8. The summed E-state index contributed by atoms with van der Waals surface area (Å²) in [4.78, 5) is 2.51. The van der Waals surface area contributed by atoms with E-state index in [0.29, 0.717) is 0 Å². The van der Waals surface area contributed by atoms with Crippen LogP contribution in [-0.4, -0.2) is 26.3 Å². The number of hydrogen-bond donors (Lipinski definition) is 0. The maximum Gasteiger partial charge on any atom is 0.142 e. The van der Waals surface area contributed by atoms with E-state index in [1.807, 2.05) is 12.1 Å². The van der Waals surface area contributed by atoms with Gasteiger partial charge in [0, 0.05) is 12.1 Å². The third-order valence-electron chi connectivity index (χ3n) is 5.32. The summed E-state index contributed by atoms with van der Waals surface area (Å²) in [7, 11) is 3.46. The predicted molar refractivity (Wildman–Crippen MR) is 98.1 cm³/mol. The Labute approximate surface area is 143 Å². The van der Waals surface area contributed by atoms with Gasteiger partial charge in [-0.15, -0.1) is 0 Å². The van der Waals surface area contributed by atoms with Gasteiger partial charge in [0.15, 0.2) is 0 Å². The zero-order valence-electron chi connectivity index (χ0n) is 14.5. The number of methoxy groups -OCH3 is 2. The topological polar surface area (TPSA) is 21.7 Å². The Morgan fingerprint density at radius 3 is 2.50 bits per heavy atom. The molecule has 2 aliphatic rings. The van der Waals surface area contributed by atoms with Gasteiger partial charge >= 0.3 is 0 Å². The molecular formula is C21H23NO2. The van der Waals surface area contributed by atoms with Crippen LogP contribution < -0.4 is 14.4 Å². The van der Waals surface area contributed by atoms with E-state index in [2.05, 4.69) is 48.2 Å². The summed E-state index contributed by atoms with van der Waals surface area (Å²) in [6, 6.07) is 14.7. The van der Waals surface area contributed by atoms with Crippen LogP contribution in [0, 0.1) is 0 Å². The first-order valence-corrected chi connectivity index (χ1v) is 8.48. The predicted octanol–water partition coefficient (Wildman–Crippen LogP) is 4.51. The van der Waals surface area contributed by atoms with Crippen molar-refractivity contribution in [2.75, 3.05) is 25.7 Å². The van der Waals surface area contributed by atoms with E-state index in [-0.39, 0.29) is 5.54 Å². The summed E-state index contributed by atoms with van der Waals surface area (Å²) < 4.78 is 11.0. The third-order valence-corrected chi connectivity index (χ3v) is 5.32. The number of rotatable bonds is 3. The molecule has 2 aromatic rings. The van der Waals surface area contributed by atoms with E-state index in [1.165, 1.54) is 35.2 Å². The standard InChI is InChI=1S/C21H23NO2/c1-21-12-5-13-22(21)20-17(6-4-7-19(20)24-3)18(14-21)15-8-10-16(23-2)11-9-15/h4,6-11,14H,5,12-13H2,1-3H3. The van der Waals surface area contributed by atoms with Gasteiger partial charge in [-0.3, -0.25) is 0 Å². The number of nitrogens with zero attached hydrogens (tertiary/aromatic N) is 1. The third kappa shape index (κ3) is 2.19. The zero-order chi connectivity index (χ0) is 16.7. The van der Waals surface area contributed by atoms with E-state index < -0.39 is 0 Å². The molecule has 1 saturated heterocycles. The molecule has 2 aliphatic heterocycles. The van der Waals surface area contributed by atoms with Gasteiger partial charge in [0.05, 0.1) is 25.4 Å². The second-order valence-electron chi connectivity index (χ2n) is 6.76. The Hall–Kier alpha value is -2.42. The Morgan fingerprint density at radius 2 is 1.79 bits per heavy atom. The van der Waals surface area contributed by atoms with Crippen molar-refractivity contribution in [1.29, 1.82) is 0 Å². The monoisotopic (exact) mass is 321 g/mol. The Kier molecular flexibility index (Phi) is 3.52. The summed E-state index contributed by atoms with van der Waals surface area (Å²) in [6.45, 7) is 3.41. The molecule has 3 nitrogen and oxygen atoms in total. The molecular weight excluding hydrogens is 298 g/mol. The Morgan fingerprint density at radius 1 is 1.00 bits per heavy atom. The van der Waals surface area contributed by atoms with Crippen molar-refractivity contribution in [3.8, 4) is 11.5 Å². The van der Waals surface area contributed by atoms with Crippen molar-refractivity contribution in [3.05, 3.63) is 59.7 Å². The van der Waals surface area contributed by atoms with Crippen molar-refractivity contribution in [1.82, 2.24) is 0 Å². The average Bonchev–Trinajstić information content (AvgIpc) is 3.02. The van der Waals surface area contributed by atoms with Crippen LogP contribution >= 0.6 is 0 Å². The van der Waals surface area contributed by atoms with E-state index in [9.17, 15) is 0 Å². The summed E-state index contributed by atoms with van der Waals surface area (Å²) >= 11 is 0. The van der Waals surface area contributed by atoms with Crippen LogP contribution in [0.3, 0.4) is 0 Å². The van der Waals surface area contributed by atoms with Gasteiger partial charge in [-0.2, -0.15) is 0 Å².